The number of nitrogens with zero attached hydrogens (tertiary/aromatic N) is 3. The lowest BCUT2D eigenvalue weighted by atomic mass is 10.1. The van der Waals surface area contributed by atoms with Crippen LogP contribution in [0.3, 0.4) is 0 Å². The summed E-state index contributed by atoms with van der Waals surface area (Å²) >= 11 is 0. The van der Waals surface area contributed by atoms with E-state index in [-0.39, 0.29) is 28.4 Å². The van der Waals surface area contributed by atoms with E-state index in [9.17, 15) is 19.7 Å². The SMILES string of the molecule is COC(=O)c1nn(C)cc1NC(=O)c1ccc(OC)c([N+](=O)[O-])c1. The van der Waals surface area contributed by atoms with Crippen molar-refractivity contribution in [3.8, 4) is 5.75 Å². The minimum atomic E-state index is -0.716. The number of ether oxygens (including phenoxy) is 2. The summed E-state index contributed by atoms with van der Waals surface area (Å²) in [6.45, 7) is 0. The minimum absolute atomic E-state index is 0.0298. The number of methoxy groups -OCH3 is 2. The van der Waals surface area contributed by atoms with Crippen molar-refractivity contribution >= 4 is 23.3 Å². The van der Waals surface area contributed by atoms with Crippen LogP contribution in [0, 0.1) is 10.1 Å². The number of hydrogen-bond acceptors (Lipinski definition) is 7. The van der Waals surface area contributed by atoms with Gasteiger partial charge in [-0.15, -0.1) is 0 Å². The van der Waals surface area contributed by atoms with E-state index in [1.54, 1.807) is 7.05 Å². The molecular weight excluding hydrogens is 320 g/mol. The summed E-state index contributed by atoms with van der Waals surface area (Å²) in [7, 11) is 4.05. The molecule has 0 saturated heterocycles. The zero-order valence-corrected chi connectivity index (χ0v) is 13.1. The molecule has 126 valence electrons. The molecule has 0 bridgehead atoms. The summed E-state index contributed by atoms with van der Waals surface area (Å²) in [5, 5.41) is 17.4. The number of anilines is 1. The second-order valence-corrected chi connectivity index (χ2v) is 4.65. The first-order valence-electron chi connectivity index (χ1n) is 6.63. The fourth-order valence-corrected chi connectivity index (χ4v) is 2.00. The number of nitro benzene ring substituents is 1. The smallest absolute Gasteiger partial charge is 0.360 e. The highest BCUT2D eigenvalue weighted by Gasteiger charge is 2.21. The molecule has 0 atom stereocenters. The Morgan fingerprint density at radius 2 is 2.04 bits per heavy atom. The first-order valence-corrected chi connectivity index (χ1v) is 6.63. The fourth-order valence-electron chi connectivity index (χ4n) is 2.00. The number of rotatable bonds is 5. The zero-order valence-electron chi connectivity index (χ0n) is 13.1. The van der Waals surface area contributed by atoms with Gasteiger partial charge in [-0.25, -0.2) is 4.79 Å². The molecule has 1 aromatic carbocycles. The Balaban J connectivity index is 2.33. The minimum Gasteiger partial charge on any atom is -0.490 e. The van der Waals surface area contributed by atoms with Crippen LogP contribution in [0.4, 0.5) is 11.4 Å². The van der Waals surface area contributed by atoms with Crippen molar-refractivity contribution in [2.45, 2.75) is 0 Å². The van der Waals surface area contributed by atoms with Crippen molar-refractivity contribution < 1.29 is 24.0 Å². The van der Waals surface area contributed by atoms with Crippen LogP contribution < -0.4 is 10.1 Å². The van der Waals surface area contributed by atoms with Gasteiger partial charge in [0.25, 0.3) is 5.91 Å². The van der Waals surface area contributed by atoms with Gasteiger partial charge in [-0.05, 0) is 12.1 Å². The van der Waals surface area contributed by atoms with Crippen LogP contribution in [0.15, 0.2) is 24.4 Å². The van der Waals surface area contributed by atoms with Crippen LogP contribution in [0.5, 0.6) is 5.75 Å². The van der Waals surface area contributed by atoms with Gasteiger partial charge >= 0.3 is 11.7 Å². The molecule has 24 heavy (non-hydrogen) atoms. The zero-order chi connectivity index (χ0) is 17.9. The Morgan fingerprint density at radius 3 is 2.62 bits per heavy atom. The normalized spacial score (nSPS) is 10.1. The number of nitro groups is 1. The Hall–Kier alpha value is -3.43. The number of carbonyl (C=O) groups is 2. The predicted octanol–water partition coefficient (Wildman–Crippen LogP) is 1.38. The van der Waals surface area contributed by atoms with Crippen molar-refractivity contribution in [2.24, 2.45) is 7.05 Å². The maximum Gasteiger partial charge on any atom is 0.360 e. The van der Waals surface area contributed by atoms with E-state index in [1.165, 1.54) is 37.2 Å². The third-order valence-electron chi connectivity index (χ3n) is 3.09. The lowest BCUT2D eigenvalue weighted by Gasteiger charge is -2.06. The quantitative estimate of drug-likeness (QED) is 0.497. The summed E-state index contributed by atoms with van der Waals surface area (Å²) in [5.74, 6) is -1.32. The van der Waals surface area contributed by atoms with E-state index < -0.39 is 16.8 Å². The first-order chi connectivity index (χ1) is 11.4. The van der Waals surface area contributed by atoms with Gasteiger partial charge in [-0.3, -0.25) is 19.6 Å². The monoisotopic (exact) mass is 334 g/mol. The second-order valence-electron chi connectivity index (χ2n) is 4.65. The predicted molar refractivity (Wildman–Crippen MR) is 82.1 cm³/mol. The van der Waals surface area contributed by atoms with Crippen molar-refractivity contribution in [1.82, 2.24) is 9.78 Å². The Kier molecular flexibility index (Phi) is 4.78. The number of amides is 1. The number of nitrogens with one attached hydrogen (secondary N) is 1. The summed E-state index contributed by atoms with van der Waals surface area (Å²) in [6, 6.07) is 3.77. The number of aromatic nitrogens is 2. The third kappa shape index (κ3) is 3.32. The number of esters is 1. The molecule has 0 radical (unpaired) electrons. The van der Waals surface area contributed by atoms with Crippen LogP contribution in [0.2, 0.25) is 0 Å². The molecule has 0 unspecified atom stereocenters. The fraction of sp³-hybridized carbons (Fsp3) is 0.214. The van der Waals surface area contributed by atoms with E-state index in [1.807, 2.05) is 0 Å². The van der Waals surface area contributed by atoms with E-state index >= 15 is 0 Å². The molecule has 1 N–H and O–H groups in total. The van der Waals surface area contributed by atoms with Gasteiger partial charge in [-0.2, -0.15) is 5.10 Å². The molecule has 0 fully saturated rings. The summed E-state index contributed by atoms with van der Waals surface area (Å²) in [5.41, 5.74) is -0.254. The van der Waals surface area contributed by atoms with Gasteiger partial charge in [0.05, 0.1) is 24.8 Å². The van der Waals surface area contributed by atoms with Gasteiger partial charge in [-0.1, -0.05) is 0 Å². The molecule has 0 aliphatic heterocycles. The number of aryl methyl sites for hydroxylation is 1. The summed E-state index contributed by atoms with van der Waals surface area (Å²) < 4.78 is 10.8. The maximum atomic E-state index is 12.3. The Labute approximate surface area is 136 Å². The first kappa shape index (κ1) is 16.9. The van der Waals surface area contributed by atoms with E-state index in [0.717, 1.165) is 6.07 Å². The molecule has 0 saturated carbocycles. The van der Waals surface area contributed by atoms with Gasteiger partial charge in [0.15, 0.2) is 11.4 Å². The summed E-state index contributed by atoms with van der Waals surface area (Å²) in [4.78, 5) is 34.3. The lowest BCUT2D eigenvalue weighted by Crippen LogP contribution is -2.15. The van der Waals surface area contributed by atoms with Gasteiger partial charge in [0.2, 0.25) is 0 Å². The molecule has 10 nitrogen and oxygen atoms in total. The second kappa shape index (κ2) is 6.77. The van der Waals surface area contributed by atoms with Crippen molar-refractivity contribution in [3.05, 3.63) is 45.8 Å². The molecule has 1 heterocycles. The van der Waals surface area contributed by atoms with Gasteiger partial charge in [0, 0.05) is 24.9 Å². The van der Waals surface area contributed by atoms with Crippen LogP contribution in [-0.4, -0.2) is 40.8 Å². The van der Waals surface area contributed by atoms with Crippen LogP contribution in [0.1, 0.15) is 20.8 Å². The number of benzene rings is 1. The Morgan fingerprint density at radius 1 is 1.33 bits per heavy atom. The standard InChI is InChI=1S/C14H14N4O6/c1-17-7-9(12(16-17)14(20)24-3)15-13(19)8-4-5-11(23-2)10(6-8)18(21)22/h4-7H,1-3H3,(H,15,19). The molecule has 0 aliphatic carbocycles. The molecule has 0 aliphatic rings. The molecule has 0 spiro atoms. The average Bonchev–Trinajstić information content (AvgIpc) is 2.93. The molecule has 1 amide bonds. The van der Waals surface area contributed by atoms with Crippen LogP contribution >= 0.6 is 0 Å². The highest BCUT2D eigenvalue weighted by atomic mass is 16.6. The molecule has 1 aromatic heterocycles. The molecule has 2 rings (SSSR count). The highest BCUT2D eigenvalue weighted by molar-refractivity contribution is 6.07. The van der Waals surface area contributed by atoms with Crippen molar-refractivity contribution in [1.29, 1.82) is 0 Å². The van der Waals surface area contributed by atoms with Crippen LogP contribution in [0.25, 0.3) is 0 Å². The third-order valence-corrected chi connectivity index (χ3v) is 3.09. The van der Waals surface area contributed by atoms with Crippen LogP contribution in [-0.2, 0) is 11.8 Å². The molecule has 2 aromatic rings. The maximum absolute atomic E-state index is 12.3. The molecule has 10 heteroatoms. The average molecular weight is 334 g/mol. The van der Waals surface area contributed by atoms with Crippen molar-refractivity contribution in [3.63, 3.8) is 0 Å². The Bertz CT molecular complexity index is 814. The van der Waals surface area contributed by atoms with Gasteiger partial charge < -0.3 is 14.8 Å². The van der Waals surface area contributed by atoms with E-state index in [4.69, 9.17) is 4.74 Å². The molecular formula is C14H14N4O6. The van der Waals surface area contributed by atoms with Gasteiger partial charge in [0.1, 0.15) is 0 Å². The van der Waals surface area contributed by atoms with E-state index in [0.29, 0.717) is 0 Å². The largest absolute Gasteiger partial charge is 0.490 e. The number of carbonyl (C=O) groups excluding carboxylic acids is 2. The van der Waals surface area contributed by atoms with Crippen molar-refractivity contribution in [2.75, 3.05) is 19.5 Å². The number of hydrogen-bond donors (Lipinski definition) is 1. The summed E-state index contributed by atoms with van der Waals surface area (Å²) in [6.07, 6.45) is 1.42. The topological polar surface area (TPSA) is 126 Å². The lowest BCUT2D eigenvalue weighted by molar-refractivity contribution is -0.385. The highest BCUT2D eigenvalue weighted by Crippen LogP contribution is 2.28. The van der Waals surface area contributed by atoms with E-state index in [2.05, 4.69) is 15.2 Å².